The van der Waals surface area contributed by atoms with Crippen LogP contribution in [0.5, 0.6) is 5.75 Å². The van der Waals surface area contributed by atoms with Crippen molar-refractivity contribution >= 4 is 6.03 Å². The molecule has 1 unspecified atom stereocenters. The molecule has 0 aliphatic carbocycles. The molecule has 132 valence electrons. The minimum Gasteiger partial charge on any atom is -0.491 e. The molecule has 2 amide bonds. The van der Waals surface area contributed by atoms with Gasteiger partial charge in [0.1, 0.15) is 12.4 Å². The number of hydrogen-bond donors (Lipinski definition) is 1. The van der Waals surface area contributed by atoms with Gasteiger partial charge in [0.15, 0.2) is 0 Å². The third kappa shape index (κ3) is 3.26. The van der Waals surface area contributed by atoms with Crippen molar-refractivity contribution in [3.05, 3.63) is 78.1 Å². The summed E-state index contributed by atoms with van der Waals surface area (Å²) >= 11 is 0. The van der Waals surface area contributed by atoms with E-state index in [0.29, 0.717) is 13.2 Å². The topological polar surface area (TPSA) is 59.4 Å². The van der Waals surface area contributed by atoms with Gasteiger partial charge in [-0.25, -0.2) is 9.48 Å². The Morgan fingerprint density at radius 1 is 1.23 bits per heavy atom. The Morgan fingerprint density at radius 3 is 2.85 bits per heavy atom. The summed E-state index contributed by atoms with van der Waals surface area (Å²) in [6, 6.07) is 17.4. The van der Waals surface area contributed by atoms with Crippen molar-refractivity contribution < 1.29 is 9.53 Å². The molecule has 1 aliphatic rings. The molecule has 0 bridgehead atoms. The van der Waals surface area contributed by atoms with Crippen molar-refractivity contribution in [2.24, 2.45) is 0 Å². The average molecular weight is 348 g/mol. The number of carbonyl (C=O) groups is 1. The molecule has 0 saturated heterocycles. The standard InChI is InChI=1S/C20H20N4O2/c1-23(12-15-11-21-24(13-15)16-7-3-2-4-8-16)20(25)22-18-14-26-19-10-6-5-9-17(18)19/h2-11,13,18H,12,14H2,1H3,(H,22,25). The maximum absolute atomic E-state index is 12.5. The van der Waals surface area contributed by atoms with E-state index in [9.17, 15) is 4.79 Å². The highest BCUT2D eigenvalue weighted by atomic mass is 16.5. The van der Waals surface area contributed by atoms with E-state index >= 15 is 0 Å². The van der Waals surface area contributed by atoms with Gasteiger partial charge in [-0.15, -0.1) is 0 Å². The van der Waals surface area contributed by atoms with Gasteiger partial charge in [-0.1, -0.05) is 36.4 Å². The highest BCUT2D eigenvalue weighted by Gasteiger charge is 2.26. The highest BCUT2D eigenvalue weighted by molar-refractivity contribution is 5.74. The van der Waals surface area contributed by atoms with Crippen LogP contribution < -0.4 is 10.1 Å². The summed E-state index contributed by atoms with van der Waals surface area (Å²) < 4.78 is 7.42. The molecule has 6 heteroatoms. The summed E-state index contributed by atoms with van der Waals surface area (Å²) in [4.78, 5) is 14.2. The van der Waals surface area contributed by atoms with Crippen molar-refractivity contribution in [3.63, 3.8) is 0 Å². The number of ether oxygens (including phenoxy) is 1. The average Bonchev–Trinajstić information content (AvgIpc) is 3.30. The van der Waals surface area contributed by atoms with Crippen LogP contribution in [-0.2, 0) is 6.54 Å². The summed E-state index contributed by atoms with van der Waals surface area (Å²) in [6.07, 6.45) is 3.72. The van der Waals surface area contributed by atoms with Gasteiger partial charge < -0.3 is 15.0 Å². The molecular formula is C20H20N4O2. The van der Waals surface area contributed by atoms with Crippen molar-refractivity contribution in [1.29, 1.82) is 0 Å². The van der Waals surface area contributed by atoms with Crippen LogP contribution in [-0.4, -0.2) is 34.4 Å². The van der Waals surface area contributed by atoms with Crippen molar-refractivity contribution in [1.82, 2.24) is 20.0 Å². The molecule has 1 N–H and O–H groups in total. The van der Waals surface area contributed by atoms with E-state index < -0.39 is 0 Å². The minimum atomic E-state index is -0.136. The van der Waals surface area contributed by atoms with Crippen LogP contribution in [0.2, 0.25) is 0 Å². The number of para-hydroxylation sites is 2. The van der Waals surface area contributed by atoms with E-state index in [4.69, 9.17) is 4.74 Å². The molecule has 2 heterocycles. The summed E-state index contributed by atoms with van der Waals surface area (Å²) in [5, 5.41) is 7.40. The molecular weight excluding hydrogens is 328 g/mol. The molecule has 0 radical (unpaired) electrons. The molecule has 4 rings (SSSR count). The first-order chi connectivity index (χ1) is 12.7. The van der Waals surface area contributed by atoms with Crippen LogP contribution in [0, 0.1) is 0 Å². The van der Waals surface area contributed by atoms with E-state index in [2.05, 4.69) is 10.4 Å². The second kappa shape index (κ2) is 6.92. The lowest BCUT2D eigenvalue weighted by atomic mass is 10.1. The smallest absolute Gasteiger partial charge is 0.318 e. The highest BCUT2D eigenvalue weighted by Crippen LogP contribution is 2.31. The molecule has 0 fully saturated rings. The van der Waals surface area contributed by atoms with E-state index in [1.54, 1.807) is 18.1 Å². The largest absolute Gasteiger partial charge is 0.491 e. The quantitative estimate of drug-likeness (QED) is 0.788. The lowest BCUT2D eigenvalue weighted by Gasteiger charge is -2.20. The Kier molecular flexibility index (Phi) is 4.31. The van der Waals surface area contributed by atoms with Gasteiger partial charge in [0.05, 0.1) is 24.5 Å². The number of fused-ring (bicyclic) bond motifs is 1. The van der Waals surface area contributed by atoms with E-state index in [1.807, 2.05) is 65.5 Å². The van der Waals surface area contributed by atoms with E-state index in [1.165, 1.54) is 0 Å². The van der Waals surface area contributed by atoms with Gasteiger partial charge in [0.2, 0.25) is 0 Å². The maximum Gasteiger partial charge on any atom is 0.318 e. The predicted octanol–water partition coefficient (Wildman–Crippen LogP) is 3.15. The molecule has 6 nitrogen and oxygen atoms in total. The maximum atomic E-state index is 12.5. The summed E-state index contributed by atoms with van der Waals surface area (Å²) in [5.74, 6) is 0.838. The molecule has 1 atom stereocenters. The number of aromatic nitrogens is 2. The summed E-state index contributed by atoms with van der Waals surface area (Å²) in [5.41, 5.74) is 2.98. The molecule has 2 aromatic carbocycles. The fraction of sp³-hybridized carbons (Fsp3) is 0.200. The van der Waals surface area contributed by atoms with Gasteiger partial charge in [-0.3, -0.25) is 0 Å². The van der Waals surface area contributed by atoms with Crippen molar-refractivity contribution in [2.45, 2.75) is 12.6 Å². The van der Waals surface area contributed by atoms with Crippen LogP contribution in [0.25, 0.3) is 5.69 Å². The van der Waals surface area contributed by atoms with Gasteiger partial charge in [0.25, 0.3) is 0 Å². The molecule has 26 heavy (non-hydrogen) atoms. The molecule has 1 aromatic heterocycles. The third-order valence-corrected chi connectivity index (χ3v) is 4.42. The Balaban J connectivity index is 1.39. The van der Waals surface area contributed by atoms with E-state index in [0.717, 1.165) is 22.6 Å². The molecule has 0 spiro atoms. The first kappa shape index (κ1) is 16.2. The van der Waals surface area contributed by atoms with Crippen molar-refractivity contribution in [3.8, 4) is 11.4 Å². The van der Waals surface area contributed by atoms with Crippen LogP contribution >= 0.6 is 0 Å². The van der Waals surface area contributed by atoms with Gasteiger partial charge in [-0.05, 0) is 18.2 Å². The SMILES string of the molecule is CN(Cc1cnn(-c2ccccc2)c1)C(=O)NC1COc2ccccc21. The van der Waals surface area contributed by atoms with Crippen molar-refractivity contribution in [2.75, 3.05) is 13.7 Å². The Labute approximate surface area is 152 Å². The molecule has 1 aliphatic heterocycles. The van der Waals surface area contributed by atoms with E-state index in [-0.39, 0.29) is 12.1 Å². The Morgan fingerprint density at radius 2 is 2.00 bits per heavy atom. The van der Waals surface area contributed by atoms with Gasteiger partial charge in [0, 0.05) is 24.4 Å². The number of urea groups is 1. The summed E-state index contributed by atoms with van der Waals surface area (Å²) in [6.45, 7) is 0.943. The first-order valence-corrected chi connectivity index (χ1v) is 8.53. The fourth-order valence-electron chi connectivity index (χ4n) is 3.05. The molecule has 0 saturated carbocycles. The lowest BCUT2D eigenvalue weighted by Crippen LogP contribution is -2.39. The zero-order chi connectivity index (χ0) is 17.9. The Bertz CT molecular complexity index is 907. The first-order valence-electron chi connectivity index (χ1n) is 8.53. The number of rotatable bonds is 4. The Hall–Kier alpha value is -3.28. The van der Waals surface area contributed by atoms with Gasteiger partial charge >= 0.3 is 6.03 Å². The zero-order valence-corrected chi connectivity index (χ0v) is 14.5. The summed E-state index contributed by atoms with van der Waals surface area (Å²) in [7, 11) is 1.77. The normalized spacial score (nSPS) is 15.2. The number of benzene rings is 2. The fourth-order valence-corrected chi connectivity index (χ4v) is 3.05. The second-order valence-corrected chi connectivity index (χ2v) is 6.34. The lowest BCUT2D eigenvalue weighted by molar-refractivity contribution is 0.199. The number of hydrogen-bond acceptors (Lipinski definition) is 3. The third-order valence-electron chi connectivity index (χ3n) is 4.42. The molecule has 3 aromatic rings. The number of nitrogens with zero attached hydrogens (tertiary/aromatic N) is 3. The zero-order valence-electron chi connectivity index (χ0n) is 14.5. The number of amides is 2. The number of carbonyl (C=O) groups excluding carboxylic acids is 1. The number of nitrogens with one attached hydrogen (secondary N) is 1. The van der Waals surface area contributed by atoms with Crippen LogP contribution in [0.15, 0.2) is 67.0 Å². The van der Waals surface area contributed by atoms with Crippen LogP contribution in [0.4, 0.5) is 4.79 Å². The van der Waals surface area contributed by atoms with Gasteiger partial charge in [-0.2, -0.15) is 5.10 Å². The second-order valence-electron chi connectivity index (χ2n) is 6.34. The minimum absolute atomic E-state index is 0.117. The predicted molar refractivity (Wildman–Crippen MR) is 98.2 cm³/mol. The monoisotopic (exact) mass is 348 g/mol. The van der Waals surface area contributed by atoms with Crippen LogP contribution in [0.1, 0.15) is 17.2 Å². The van der Waals surface area contributed by atoms with Crippen LogP contribution in [0.3, 0.4) is 0 Å².